The van der Waals surface area contributed by atoms with Gasteiger partial charge in [0.1, 0.15) is 0 Å². The van der Waals surface area contributed by atoms with Crippen molar-refractivity contribution in [2.24, 2.45) is 5.73 Å². The number of benzene rings is 1. The van der Waals surface area contributed by atoms with E-state index in [-0.39, 0.29) is 18.1 Å². The number of hydrogen-bond acceptors (Lipinski definition) is 3. The van der Waals surface area contributed by atoms with Crippen LogP contribution in [0, 0.1) is 11.6 Å². The van der Waals surface area contributed by atoms with Crippen LogP contribution in [0.25, 0.3) is 0 Å². The van der Waals surface area contributed by atoms with Gasteiger partial charge in [0.25, 0.3) is 0 Å². The minimum absolute atomic E-state index is 0.234. The normalized spacial score (nSPS) is 22.4. The SMILES string of the molecule is NC(Cc1cccc(F)c1F)C1COCCO1. The van der Waals surface area contributed by atoms with Crippen LogP contribution in [0.15, 0.2) is 18.2 Å². The standard InChI is InChI=1S/C12H15F2NO2/c13-9-3-1-2-8(12(9)14)6-10(15)11-7-16-4-5-17-11/h1-3,10-11H,4-7,15H2. The second-order valence-corrected chi connectivity index (χ2v) is 4.07. The molecule has 2 rings (SSSR count). The Morgan fingerprint density at radius 2 is 2.18 bits per heavy atom. The van der Waals surface area contributed by atoms with Crippen molar-refractivity contribution in [1.82, 2.24) is 0 Å². The first-order valence-electron chi connectivity index (χ1n) is 5.56. The summed E-state index contributed by atoms with van der Waals surface area (Å²) in [6, 6.07) is 3.69. The lowest BCUT2D eigenvalue weighted by molar-refractivity contribution is -0.0968. The Morgan fingerprint density at radius 1 is 1.35 bits per heavy atom. The average molecular weight is 243 g/mol. The summed E-state index contributed by atoms with van der Waals surface area (Å²) in [5.41, 5.74) is 6.18. The molecule has 1 aromatic carbocycles. The topological polar surface area (TPSA) is 44.5 Å². The summed E-state index contributed by atoms with van der Waals surface area (Å²) in [5, 5.41) is 0. The van der Waals surface area contributed by atoms with Crippen LogP contribution in [0.4, 0.5) is 8.78 Å². The predicted molar refractivity (Wildman–Crippen MR) is 58.6 cm³/mol. The highest BCUT2D eigenvalue weighted by atomic mass is 19.2. The van der Waals surface area contributed by atoms with Crippen LogP contribution in [0.2, 0.25) is 0 Å². The smallest absolute Gasteiger partial charge is 0.162 e. The minimum Gasteiger partial charge on any atom is -0.376 e. The van der Waals surface area contributed by atoms with E-state index in [1.54, 1.807) is 0 Å². The molecule has 0 bridgehead atoms. The monoisotopic (exact) mass is 243 g/mol. The average Bonchev–Trinajstić information content (AvgIpc) is 2.36. The fourth-order valence-corrected chi connectivity index (χ4v) is 1.84. The molecule has 0 spiro atoms. The van der Waals surface area contributed by atoms with E-state index in [2.05, 4.69) is 0 Å². The van der Waals surface area contributed by atoms with E-state index in [0.29, 0.717) is 19.8 Å². The van der Waals surface area contributed by atoms with Crippen molar-refractivity contribution >= 4 is 0 Å². The van der Waals surface area contributed by atoms with E-state index >= 15 is 0 Å². The van der Waals surface area contributed by atoms with Crippen LogP contribution >= 0.6 is 0 Å². The van der Waals surface area contributed by atoms with Gasteiger partial charge < -0.3 is 15.2 Å². The van der Waals surface area contributed by atoms with E-state index in [4.69, 9.17) is 15.2 Å². The Bertz CT molecular complexity index is 381. The van der Waals surface area contributed by atoms with Crippen molar-refractivity contribution in [3.63, 3.8) is 0 Å². The summed E-state index contributed by atoms with van der Waals surface area (Å²) in [6.07, 6.45) is -0.0242. The minimum atomic E-state index is -0.851. The quantitative estimate of drug-likeness (QED) is 0.869. The first-order chi connectivity index (χ1) is 8.18. The maximum atomic E-state index is 13.4. The molecule has 1 aliphatic heterocycles. The first-order valence-corrected chi connectivity index (χ1v) is 5.56. The van der Waals surface area contributed by atoms with Gasteiger partial charge in [-0.2, -0.15) is 0 Å². The summed E-state index contributed by atoms with van der Waals surface area (Å²) in [7, 11) is 0. The van der Waals surface area contributed by atoms with Crippen LogP contribution in [-0.4, -0.2) is 32.0 Å². The van der Waals surface area contributed by atoms with Gasteiger partial charge in [0.15, 0.2) is 11.6 Å². The molecule has 0 amide bonds. The molecule has 5 heteroatoms. The largest absolute Gasteiger partial charge is 0.376 e. The van der Waals surface area contributed by atoms with Crippen molar-refractivity contribution in [3.8, 4) is 0 Å². The zero-order chi connectivity index (χ0) is 12.3. The molecule has 1 heterocycles. The summed E-state index contributed by atoms with van der Waals surface area (Å²) >= 11 is 0. The Hall–Kier alpha value is -1.04. The van der Waals surface area contributed by atoms with Gasteiger partial charge in [-0.05, 0) is 18.1 Å². The van der Waals surface area contributed by atoms with Crippen LogP contribution in [-0.2, 0) is 15.9 Å². The number of hydrogen-bond donors (Lipinski definition) is 1. The van der Waals surface area contributed by atoms with E-state index in [1.165, 1.54) is 12.1 Å². The Morgan fingerprint density at radius 3 is 2.88 bits per heavy atom. The highest BCUT2D eigenvalue weighted by molar-refractivity contribution is 5.20. The first kappa shape index (κ1) is 12.4. The van der Waals surface area contributed by atoms with Gasteiger partial charge in [-0.1, -0.05) is 12.1 Å². The van der Waals surface area contributed by atoms with Crippen LogP contribution in [0.1, 0.15) is 5.56 Å². The Kier molecular flexibility index (Phi) is 4.04. The van der Waals surface area contributed by atoms with Gasteiger partial charge in [-0.25, -0.2) is 8.78 Å². The molecule has 1 aliphatic rings. The van der Waals surface area contributed by atoms with Crippen LogP contribution < -0.4 is 5.73 Å². The molecule has 0 aromatic heterocycles. The van der Waals surface area contributed by atoms with E-state index in [9.17, 15) is 8.78 Å². The molecular formula is C12H15F2NO2. The van der Waals surface area contributed by atoms with Crippen LogP contribution in [0.3, 0.4) is 0 Å². The summed E-state index contributed by atoms with van der Waals surface area (Å²) < 4.78 is 37.1. The molecule has 2 N–H and O–H groups in total. The maximum Gasteiger partial charge on any atom is 0.162 e. The van der Waals surface area contributed by atoms with Crippen molar-refractivity contribution in [2.45, 2.75) is 18.6 Å². The molecule has 2 unspecified atom stereocenters. The van der Waals surface area contributed by atoms with Crippen molar-refractivity contribution in [1.29, 1.82) is 0 Å². The van der Waals surface area contributed by atoms with Crippen molar-refractivity contribution in [3.05, 3.63) is 35.4 Å². The zero-order valence-corrected chi connectivity index (χ0v) is 9.36. The van der Waals surface area contributed by atoms with Gasteiger partial charge in [0, 0.05) is 6.04 Å². The van der Waals surface area contributed by atoms with Crippen molar-refractivity contribution in [2.75, 3.05) is 19.8 Å². The lowest BCUT2D eigenvalue weighted by Gasteiger charge is -2.28. The fourth-order valence-electron chi connectivity index (χ4n) is 1.84. The number of rotatable bonds is 3. The van der Waals surface area contributed by atoms with Gasteiger partial charge in [0.05, 0.1) is 25.9 Å². The summed E-state index contributed by atoms with van der Waals surface area (Å²) in [6.45, 7) is 1.44. The molecule has 1 fully saturated rings. The fraction of sp³-hybridized carbons (Fsp3) is 0.500. The molecule has 1 aromatic rings. The third-order valence-corrected chi connectivity index (χ3v) is 2.81. The molecule has 0 radical (unpaired) electrons. The van der Waals surface area contributed by atoms with Crippen molar-refractivity contribution < 1.29 is 18.3 Å². The van der Waals surface area contributed by atoms with Gasteiger partial charge in [-0.3, -0.25) is 0 Å². The van der Waals surface area contributed by atoms with E-state index < -0.39 is 17.7 Å². The Labute approximate surface area is 98.5 Å². The highest BCUT2D eigenvalue weighted by Crippen LogP contribution is 2.15. The zero-order valence-electron chi connectivity index (χ0n) is 9.36. The van der Waals surface area contributed by atoms with Gasteiger partial charge >= 0.3 is 0 Å². The van der Waals surface area contributed by atoms with E-state index in [0.717, 1.165) is 6.07 Å². The molecule has 2 atom stereocenters. The number of nitrogens with two attached hydrogens (primary N) is 1. The summed E-state index contributed by atoms with van der Waals surface area (Å²) in [5.74, 6) is -1.69. The molecule has 3 nitrogen and oxygen atoms in total. The lowest BCUT2D eigenvalue weighted by Crippen LogP contribution is -2.45. The molecule has 1 saturated heterocycles. The second kappa shape index (κ2) is 5.53. The van der Waals surface area contributed by atoms with E-state index in [1.807, 2.05) is 0 Å². The molecule has 0 aliphatic carbocycles. The third-order valence-electron chi connectivity index (χ3n) is 2.81. The Balaban J connectivity index is 2.01. The summed E-state index contributed by atoms with van der Waals surface area (Å²) in [4.78, 5) is 0. The predicted octanol–water partition coefficient (Wildman–Crippen LogP) is 1.25. The van der Waals surface area contributed by atoms with Gasteiger partial charge in [0.2, 0.25) is 0 Å². The third kappa shape index (κ3) is 3.00. The molecule has 0 saturated carbocycles. The maximum absolute atomic E-state index is 13.4. The molecular weight excluding hydrogens is 228 g/mol. The number of halogens is 2. The molecule has 94 valence electrons. The highest BCUT2D eigenvalue weighted by Gasteiger charge is 2.23. The lowest BCUT2D eigenvalue weighted by atomic mass is 10.0. The second-order valence-electron chi connectivity index (χ2n) is 4.07. The number of ether oxygens (including phenoxy) is 2. The van der Waals surface area contributed by atoms with Crippen LogP contribution in [0.5, 0.6) is 0 Å². The van der Waals surface area contributed by atoms with Gasteiger partial charge in [-0.15, -0.1) is 0 Å². The molecule has 17 heavy (non-hydrogen) atoms.